The van der Waals surface area contributed by atoms with Crippen LogP contribution < -0.4 is 0 Å². The molecule has 0 radical (unpaired) electrons. The Morgan fingerprint density at radius 3 is 2.64 bits per heavy atom. The fourth-order valence-corrected chi connectivity index (χ4v) is 3.07. The first-order valence-electron chi connectivity index (χ1n) is 8.28. The van der Waals surface area contributed by atoms with Crippen LogP contribution in [0.3, 0.4) is 0 Å². The third-order valence-corrected chi connectivity index (χ3v) is 4.46. The number of nitrogens with zero attached hydrogens (tertiary/aromatic N) is 2. The molecule has 7 nitrogen and oxygen atoms in total. The lowest BCUT2D eigenvalue weighted by Gasteiger charge is -2.26. The van der Waals surface area contributed by atoms with Gasteiger partial charge in [0, 0.05) is 26.6 Å². The van der Waals surface area contributed by atoms with Crippen LogP contribution in [-0.2, 0) is 19.1 Å². The number of carboxylic acid groups (broad SMARTS) is 1. The molecule has 136 valence electrons. The highest BCUT2D eigenvalue weighted by molar-refractivity contribution is 5.90. The number of hydrogen-bond donors (Lipinski definition) is 1. The van der Waals surface area contributed by atoms with Crippen LogP contribution in [0.25, 0.3) is 0 Å². The van der Waals surface area contributed by atoms with E-state index in [1.54, 1.807) is 4.90 Å². The van der Waals surface area contributed by atoms with E-state index in [1.165, 1.54) is 12.0 Å². The summed E-state index contributed by atoms with van der Waals surface area (Å²) in [6.07, 6.45) is 0.110. The molecule has 2 rings (SSSR count). The highest BCUT2D eigenvalue weighted by atomic mass is 16.5. The summed E-state index contributed by atoms with van der Waals surface area (Å²) in [5, 5.41) is 9.00. The SMILES string of the molecule is COCCN(CC(=O)O)C(=O)C1CC(=O)N(C(C)c2ccccc2)C1. The summed E-state index contributed by atoms with van der Waals surface area (Å²) < 4.78 is 4.94. The lowest BCUT2D eigenvalue weighted by Crippen LogP contribution is -2.42. The quantitative estimate of drug-likeness (QED) is 0.762. The summed E-state index contributed by atoms with van der Waals surface area (Å²) in [7, 11) is 1.49. The van der Waals surface area contributed by atoms with Crippen molar-refractivity contribution < 1.29 is 24.2 Å². The van der Waals surface area contributed by atoms with Gasteiger partial charge in [-0.1, -0.05) is 30.3 Å². The van der Waals surface area contributed by atoms with Gasteiger partial charge in [0.15, 0.2) is 0 Å². The number of hydrogen-bond acceptors (Lipinski definition) is 4. The molecule has 1 aliphatic heterocycles. The minimum absolute atomic E-state index is 0.0864. The van der Waals surface area contributed by atoms with Crippen molar-refractivity contribution in [1.82, 2.24) is 9.80 Å². The van der Waals surface area contributed by atoms with Crippen molar-refractivity contribution in [3.63, 3.8) is 0 Å². The molecule has 1 fully saturated rings. The van der Waals surface area contributed by atoms with Crippen molar-refractivity contribution in [2.24, 2.45) is 5.92 Å². The Morgan fingerprint density at radius 1 is 1.36 bits per heavy atom. The van der Waals surface area contributed by atoms with Crippen LogP contribution in [0.5, 0.6) is 0 Å². The number of carbonyl (C=O) groups excluding carboxylic acids is 2. The van der Waals surface area contributed by atoms with Gasteiger partial charge in [-0.2, -0.15) is 0 Å². The maximum atomic E-state index is 12.7. The van der Waals surface area contributed by atoms with Crippen LogP contribution in [-0.4, -0.2) is 66.0 Å². The zero-order chi connectivity index (χ0) is 18.4. The molecule has 2 unspecified atom stereocenters. The Labute approximate surface area is 147 Å². The van der Waals surface area contributed by atoms with Gasteiger partial charge in [0.1, 0.15) is 6.54 Å². The van der Waals surface area contributed by atoms with Crippen molar-refractivity contribution in [1.29, 1.82) is 0 Å². The minimum Gasteiger partial charge on any atom is -0.480 e. The van der Waals surface area contributed by atoms with Gasteiger partial charge in [-0.05, 0) is 12.5 Å². The third kappa shape index (κ3) is 4.79. The lowest BCUT2D eigenvalue weighted by molar-refractivity contribution is -0.146. The largest absolute Gasteiger partial charge is 0.480 e. The van der Waals surface area contributed by atoms with E-state index in [0.717, 1.165) is 5.56 Å². The molecule has 1 heterocycles. The number of amides is 2. The van der Waals surface area contributed by atoms with Gasteiger partial charge in [-0.15, -0.1) is 0 Å². The third-order valence-electron chi connectivity index (χ3n) is 4.46. The molecule has 7 heteroatoms. The fourth-order valence-electron chi connectivity index (χ4n) is 3.07. The number of likely N-dealkylation sites (tertiary alicyclic amines) is 1. The number of ether oxygens (including phenoxy) is 1. The minimum atomic E-state index is -1.08. The van der Waals surface area contributed by atoms with Gasteiger partial charge >= 0.3 is 5.97 Å². The van der Waals surface area contributed by atoms with Crippen LogP contribution in [0, 0.1) is 5.92 Å². The molecule has 2 amide bonds. The zero-order valence-corrected chi connectivity index (χ0v) is 14.6. The van der Waals surface area contributed by atoms with Crippen molar-refractivity contribution in [3.8, 4) is 0 Å². The second kappa shape index (κ2) is 8.62. The normalized spacial score (nSPS) is 18.2. The van der Waals surface area contributed by atoms with E-state index in [2.05, 4.69) is 0 Å². The molecule has 0 saturated carbocycles. The molecule has 2 atom stereocenters. The van der Waals surface area contributed by atoms with E-state index >= 15 is 0 Å². The number of benzene rings is 1. The maximum Gasteiger partial charge on any atom is 0.323 e. The van der Waals surface area contributed by atoms with Crippen LogP contribution in [0.2, 0.25) is 0 Å². The van der Waals surface area contributed by atoms with E-state index in [4.69, 9.17) is 9.84 Å². The molecule has 1 N–H and O–H groups in total. The summed E-state index contributed by atoms with van der Waals surface area (Å²) in [6.45, 7) is 2.29. The maximum absolute atomic E-state index is 12.7. The molecular weight excluding hydrogens is 324 g/mol. The van der Waals surface area contributed by atoms with E-state index in [0.29, 0.717) is 6.54 Å². The van der Waals surface area contributed by atoms with Crippen LogP contribution in [0.15, 0.2) is 30.3 Å². The fraction of sp³-hybridized carbons (Fsp3) is 0.500. The van der Waals surface area contributed by atoms with E-state index < -0.39 is 11.9 Å². The van der Waals surface area contributed by atoms with Gasteiger partial charge in [-0.3, -0.25) is 14.4 Å². The van der Waals surface area contributed by atoms with Gasteiger partial charge in [0.2, 0.25) is 11.8 Å². The summed E-state index contributed by atoms with van der Waals surface area (Å²) in [6, 6.07) is 9.50. The molecular formula is C18H24N2O5. The first-order chi connectivity index (χ1) is 11.9. The Balaban J connectivity index is 2.06. The molecule has 1 aromatic carbocycles. The van der Waals surface area contributed by atoms with E-state index in [9.17, 15) is 14.4 Å². The highest BCUT2D eigenvalue weighted by Gasteiger charge is 2.39. The monoisotopic (exact) mass is 348 g/mol. The lowest BCUT2D eigenvalue weighted by atomic mass is 10.1. The summed E-state index contributed by atoms with van der Waals surface area (Å²) in [5.74, 6) is -1.99. The molecule has 1 aliphatic rings. The van der Waals surface area contributed by atoms with E-state index in [1.807, 2.05) is 37.3 Å². The Morgan fingerprint density at radius 2 is 2.04 bits per heavy atom. The molecule has 1 aromatic rings. The van der Waals surface area contributed by atoms with Crippen molar-refractivity contribution in [2.75, 3.05) is 33.4 Å². The van der Waals surface area contributed by atoms with Gasteiger partial charge in [-0.25, -0.2) is 0 Å². The van der Waals surface area contributed by atoms with Crippen molar-refractivity contribution in [3.05, 3.63) is 35.9 Å². The van der Waals surface area contributed by atoms with Crippen LogP contribution in [0.1, 0.15) is 24.9 Å². The number of carboxylic acids is 1. The van der Waals surface area contributed by atoms with Crippen molar-refractivity contribution >= 4 is 17.8 Å². The molecule has 25 heavy (non-hydrogen) atoms. The Kier molecular flexibility index (Phi) is 6.52. The van der Waals surface area contributed by atoms with Gasteiger partial charge in [0.05, 0.1) is 18.6 Å². The second-order valence-electron chi connectivity index (χ2n) is 6.18. The van der Waals surface area contributed by atoms with Gasteiger partial charge in [0.25, 0.3) is 0 Å². The Hall–Kier alpha value is -2.41. The zero-order valence-electron chi connectivity index (χ0n) is 14.6. The molecule has 1 saturated heterocycles. The van der Waals surface area contributed by atoms with Crippen LogP contribution >= 0.6 is 0 Å². The number of methoxy groups -OCH3 is 1. The average molecular weight is 348 g/mol. The standard InChI is InChI=1S/C18H24N2O5/c1-13(14-6-4-3-5-7-14)20-11-15(10-16(20)21)18(24)19(8-9-25-2)12-17(22)23/h3-7,13,15H,8-12H2,1-2H3,(H,22,23). The average Bonchev–Trinajstić information content (AvgIpc) is 2.99. The summed E-state index contributed by atoms with van der Waals surface area (Å²) in [4.78, 5) is 39.0. The first-order valence-corrected chi connectivity index (χ1v) is 8.28. The van der Waals surface area contributed by atoms with Crippen LogP contribution in [0.4, 0.5) is 0 Å². The second-order valence-corrected chi connectivity index (χ2v) is 6.18. The molecule has 0 spiro atoms. The summed E-state index contributed by atoms with van der Waals surface area (Å²) in [5.41, 5.74) is 1.01. The molecule has 0 aliphatic carbocycles. The highest BCUT2D eigenvalue weighted by Crippen LogP contribution is 2.29. The predicted molar refractivity (Wildman–Crippen MR) is 90.8 cm³/mol. The molecule has 0 bridgehead atoms. The summed E-state index contributed by atoms with van der Waals surface area (Å²) >= 11 is 0. The number of rotatable bonds is 8. The Bertz CT molecular complexity index is 619. The smallest absolute Gasteiger partial charge is 0.323 e. The predicted octanol–water partition coefficient (Wildman–Crippen LogP) is 1.16. The molecule has 0 aromatic heterocycles. The van der Waals surface area contributed by atoms with E-state index in [-0.39, 0.29) is 44.0 Å². The van der Waals surface area contributed by atoms with Gasteiger partial charge < -0.3 is 19.6 Å². The van der Waals surface area contributed by atoms with Crippen molar-refractivity contribution in [2.45, 2.75) is 19.4 Å². The topological polar surface area (TPSA) is 87.1 Å². The number of carbonyl (C=O) groups is 3. The first kappa shape index (κ1) is 18.9. The number of aliphatic carboxylic acids is 1.